The molecule has 1 aliphatic rings. The van der Waals surface area contributed by atoms with Crippen molar-refractivity contribution < 1.29 is 26.4 Å². The summed E-state index contributed by atoms with van der Waals surface area (Å²) in [5.41, 5.74) is 1.67. The summed E-state index contributed by atoms with van der Waals surface area (Å²) in [6.07, 6.45) is -0.857. The summed E-state index contributed by atoms with van der Waals surface area (Å²) in [6, 6.07) is 15.1. The quantitative estimate of drug-likeness (QED) is 0.445. The number of carbonyl (C=O) groups is 1. The SMILES string of the molecule is CC(C)([C@H]1CCN(c2ccc(-c3ccncc3)cc2)C(=O)C1)S(=O)(=O)c1cccc(C(F)(F)F)c1. The minimum atomic E-state index is -4.65. The van der Waals surface area contributed by atoms with Crippen molar-refractivity contribution in [3.63, 3.8) is 0 Å². The highest BCUT2D eigenvalue weighted by Crippen LogP contribution is 2.40. The molecule has 35 heavy (non-hydrogen) atoms. The van der Waals surface area contributed by atoms with Crippen LogP contribution in [0.25, 0.3) is 11.1 Å². The minimum Gasteiger partial charge on any atom is -0.312 e. The van der Waals surface area contributed by atoms with E-state index in [1.807, 2.05) is 36.4 Å². The monoisotopic (exact) mass is 502 g/mol. The lowest BCUT2D eigenvalue weighted by Gasteiger charge is -2.39. The average Bonchev–Trinajstić information content (AvgIpc) is 2.84. The van der Waals surface area contributed by atoms with Crippen molar-refractivity contribution in [3.05, 3.63) is 78.6 Å². The Kier molecular flexibility index (Phi) is 6.48. The minimum absolute atomic E-state index is 0.0166. The highest BCUT2D eigenvalue weighted by atomic mass is 32.2. The molecular weight excluding hydrogens is 477 g/mol. The summed E-state index contributed by atoms with van der Waals surface area (Å²) in [5, 5.41) is 0. The maximum absolute atomic E-state index is 13.4. The van der Waals surface area contributed by atoms with Crippen molar-refractivity contribution in [3.8, 4) is 11.1 Å². The highest BCUT2D eigenvalue weighted by Gasteiger charge is 2.46. The Morgan fingerprint density at radius 2 is 1.57 bits per heavy atom. The molecule has 1 saturated heterocycles. The molecular formula is C26H25F3N2O3S. The van der Waals surface area contributed by atoms with Gasteiger partial charge in [-0.2, -0.15) is 13.2 Å². The maximum atomic E-state index is 13.4. The number of sulfone groups is 1. The lowest BCUT2D eigenvalue weighted by molar-refractivity contribution is -0.137. The molecule has 0 unspecified atom stereocenters. The van der Waals surface area contributed by atoms with Gasteiger partial charge in [0.25, 0.3) is 0 Å². The normalized spacial score (nSPS) is 17.5. The van der Waals surface area contributed by atoms with Crippen LogP contribution in [-0.4, -0.2) is 30.6 Å². The molecule has 2 aromatic carbocycles. The number of amides is 1. The number of halogens is 3. The molecule has 0 N–H and O–H groups in total. The van der Waals surface area contributed by atoms with E-state index in [1.54, 1.807) is 17.3 Å². The van der Waals surface area contributed by atoms with Gasteiger partial charge in [-0.1, -0.05) is 18.2 Å². The van der Waals surface area contributed by atoms with E-state index < -0.39 is 32.2 Å². The second-order valence-corrected chi connectivity index (χ2v) is 11.7. The van der Waals surface area contributed by atoms with E-state index in [9.17, 15) is 26.4 Å². The van der Waals surface area contributed by atoms with Crippen molar-refractivity contribution in [2.24, 2.45) is 5.92 Å². The molecule has 0 aliphatic carbocycles. The molecule has 2 heterocycles. The molecule has 0 radical (unpaired) electrons. The van der Waals surface area contributed by atoms with Gasteiger partial charge < -0.3 is 4.90 Å². The van der Waals surface area contributed by atoms with Crippen LogP contribution in [0.1, 0.15) is 32.3 Å². The van der Waals surface area contributed by atoms with E-state index in [1.165, 1.54) is 19.9 Å². The number of piperidine rings is 1. The van der Waals surface area contributed by atoms with Crippen LogP contribution in [0.15, 0.2) is 78.0 Å². The van der Waals surface area contributed by atoms with Crippen LogP contribution >= 0.6 is 0 Å². The van der Waals surface area contributed by atoms with E-state index in [0.717, 1.165) is 23.3 Å². The van der Waals surface area contributed by atoms with E-state index >= 15 is 0 Å². The van der Waals surface area contributed by atoms with Gasteiger partial charge in [-0.15, -0.1) is 0 Å². The second kappa shape index (κ2) is 9.11. The van der Waals surface area contributed by atoms with Gasteiger partial charge >= 0.3 is 6.18 Å². The summed E-state index contributed by atoms with van der Waals surface area (Å²) in [5.74, 6) is -0.757. The number of rotatable bonds is 5. The van der Waals surface area contributed by atoms with Crippen LogP contribution in [0.3, 0.4) is 0 Å². The summed E-state index contributed by atoms with van der Waals surface area (Å²) in [4.78, 5) is 18.3. The van der Waals surface area contributed by atoms with Gasteiger partial charge in [0.15, 0.2) is 9.84 Å². The molecule has 5 nitrogen and oxygen atoms in total. The van der Waals surface area contributed by atoms with Crippen molar-refractivity contribution in [1.82, 2.24) is 4.98 Å². The van der Waals surface area contributed by atoms with Crippen LogP contribution in [0, 0.1) is 5.92 Å². The Morgan fingerprint density at radius 3 is 2.17 bits per heavy atom. The van der Waals surface area contributed by atoms with Gasteiger partial charge in [0.1, 0.15) is 0 Å². The molecule has 3 aromatic rings. The van der Waals surface area contributed by atoms with Crippen molar-refractivity contribution in [2.45, 2.75) is 42.5 Å². The third-order valence-corrected chi connectivity index (χ3v) is 9.36. The lowest BCUT2D eigenvalue weighted by Crippen LogP contribution is -2.48. The number of hydrogen-bond donors (Lipinski definition) is 0. The van der Waals surface area contributed by atoms with Crippen molar-refractivity contribution >= 4 is 21.4 Å². The van der Waals surface area contributed by atoms with Crippen LogP contribution < -0.4 is 4.90 Å². The van der Waals surface area contributed by atoms with Gasteiger partial charge in [0, 0.05) is 31.0 Å². The molecule has 1 amide bonds. The molecule has 4 rings (SSSR count). The van der Waals surface area contributed by atoms with Crippen molar-refractivity contribution in [1.29, 1.82) is 0 Å². The third-order valence-electron chi connectivity index (χ3n) is 6.76. The van der Waals surface area contributed by atoms with Gasteiger partial charge in [0.05, 0.1) is 15.2 Å². The molecule has 1 aromatic heterocycles. The fourth-order valence-corrected chi connectivity index (χ4v) is 6.23. The number of benzene rings is 2. The predicted molar refractivity (Wildman–Crippen MR) is 127 cm³/mol. The lowest BCUT2D eigenvalue weighted by atomic mass is 9.85. The van der Waals surface area contributed by atoms with Gasteiger partial charge in [-0.25, -0.2) is 8.42 Å². The number of nitrogens with zero attached hydrogens (tertiary/aromatic N) is 2. The molecule has 0 spiro atoms. The summed E-state index contributed by atoms with van der Waals surface area (Å²) in [6.45, 7) is 3.29. The Bertz CT molecular complexity index is 1320. The first kappa shape index (κ1) is 24.9. The standard InChI is InChI=1S/C26H25F3N2O3S/c1-25(2,35(33,34)23-5-3-4-21(16-23)26(27,28)29)20-12-15-31(24(32)17-20)22-8-6-18(7-9-22)19-10-13-30-14-11-19/h3-11,13-14,16,20H,12,15,17H2,1-2H3/t20-/m0/s1. The number of anilines is 1. The average molecular weight is 503 g/mol. The van der Waals surface area contributed by atoms with Crippen LogP contribution in [0.5, 0.6) is 0 Å². The Balaban J connectivity index is 1.52. The molecule has 184 valence electrons. The zero-order chi connectivity index (χ0) is 25.4. The Morgan fingerprint density at radius 1 is 0.943 bits per heavy atom. The molecule has 9 heteroatoms. The van der Waals surface area contributed by atoms with Crippen LogP contribution in [-0.2, 0) is 20.8 Å². The zero-order valence-electron chi connectivity index (χ0n) is 19.3. The van der Waals surface area contributed by atoms with E-state index in [-0.39, 0.29) is 17.2 Å². The van der Waals surface area contributed by atoms with E-state index in [4.69, 9.17) is 0 Å². The largest absolute Gasteiger partial charge is 0.416 e. The zero-order valence-corrected chi connectivity index (χ0v) is 20.1. The molecule has 1 aliphatic heterocycles. The smallest absolute Gasteiger partial charge is 0.312 e. The van der Waals surface area contributed by atoms with Crippen LogP contribution in [0.4, 0.5) is 18.9 Å². The molecule has 0 bridgehead atoms. The predicted octanol–water partition coefficient (Wildman–Crippen LogP) is 5.76. The first-order valence-corrected chi connectivity index (χ1v) is 12.6. The number of alkyl halides is 3. The van der Waals surface area contributed by atoms with E-state index in [0.29, 0.717) is 24.7 Å². The maximum Gasteiger partial charge on any atom is 0.416 e. The summed E-state index contributed by atoms with van der Waals surface area (Å²) < 4.78 is 64.7. The Hall–Kier alpha value is -3.20. The van der Waals surface area contributed by atoms with E-state index in [2.05, 4.69) is 4.98 Å². The second-order valence-electron chi connectivity index (χ2n) is 9.15. The molecule has 1 fully saturated rings. The summed E-state index contributed by atoms with van der Waals surface area (Å²) >= 11 is 0. The van der Waals surface area contributed by atoms with Gasteiger partial charge in [0.2, 0.25) is 5.91 Å². The highest BCUT2D eigenvalue weighted by molar-refractivity contribution is 7.92. The fraction of sp³-hybridized carbons (Fsp3) is 0.308. The topological polar surface area (TPSA) is 67.3 Å². The first-order chi connectivity index (χ1) is 16.4. The fourth-order valence-electron chi connectivity index (χ4n) is 4.44. The van der Waals surface area contributed by atoms with Gasteiger partial charge in [-0.05, 0) is 79.8 Å². The first-order valence-electron chi connectivity index (χ1n) is 11.1. The number of carbonyl (C=O) groups excluding carboxylic acids is 1. The van der Waals surface area contributed by atoms with Crippen molar-refractivity contribution in [2.75, 3.05) is 11.4 Å². The number of hydrogen-bond acceptors (Lipinski definition) is 4. The third kappa shape index (κ3) is 4.82. The number of pyridine rings is 1. The van der Waals surface area contributed by atoms with Gasteiger partial charge in [-0.3, -0.25) is 9.78 Å². The van der Waals surface area contributed by atoms with Crippen LogP contribution in [0.2, 0.25) is 0 Å². The number of aromatic nitrogens is 1. The molecule has 1 atom stereocenters. The Labute approximate surface area is 202 Å². The molecule has 0 saturated carbocycles. The summed E-state index contributed by atoms with van der Waals surface area (Å²) in [7, 11) is -4.14.